The molecular formula is C19H18N4O2. The second-order valence-electron chi connectivity index (χ2n) is 6.02. The number of fused-ring (bicyclic) bond motifs is 1. The average molecular weight is 334 g/mol. The molecule has 0 saturated carbocycles. The van der Waals surface area contributed by atoms with Crippen molar-refractivity contribution in [2.24, 2.45) is 0 Å². The van der Waals surface area contributed by atoms with E-state index in [0.717, 1.165) is 23.3 Å². The third-order valence-corrected chi connectivity index (χ3v) is 4.23. The minimum absolute atomic E-state index is 0.161. The molecule has 0 radical (unpaired) electrons. The Labute approximate surface area is 145 Å². The van der Waals surface area contributed by atoms with Gasteiger partial charge in [0, 0.05) is 12.0 Å². The number of amides is 1. The zero-order valence-electron chi connectivity index (χ0n) is 13.8. The number of benzene rings is 2. The van der Waals surface area contributed by atoms with Crippen molar-refractivity contribution in [1.29, 1.82) is 0 Å². The molecule has 126 valence electrons. The molecule has 1 amide bonds. The van der Waals surface area contributed by atoms with Crippen molar-refractivity contribution in [3.8, 4) is 5.75 Å². The fraction of sp³-hybridized carbons (Fsp3) is 0.211. The van der Waals surface area contributed by atoms with Crippen LogP contribution in [0.25, 0.3) is 0 Å². The highest BCUT2D eigenvalue weighted by atomic mass is 16.5. The maximum absolute atomic E-state index is 12.8. The number of rotatable bonds is 4. The number of aryl methyl sites for hydroxylation is 1. The molecule has 0 fully saturated rings. The molecule has 1 aliphatic rings. The van der Waals surface area contributed by atoms with Crippen LogP contribution in [0.3, 0.4) is 0 Å². The summed E-state index contributed by atoms with van der Waals surface area (Å²) >= 11 is 0. The molecule has 2 N–H and O–H groups in total. The van der Waals surface area contributed by atoms with E-state index in [4.69, 9.17) is 4.74 Å². The monoisotopic (exact) mass is 334 g/mol. The minimum Gasteiger partial charge on any atom is -0.493 e. The average Bonchev–Trinajstić information content (AvgIpc) is 3.28. The molecule has 0 aliphatic carbocycles. The molecule has 0 spiro atoms. The van der Waals surface area contributed by atoms with Gasteiger partial charge in [0.25, 0.3) is 5.91 Å². The third kappa shape index (κ3) is 3.10. The molecule has 0 saturated heterocycles. The number of carbonyl (C=O) groups is 1. The van der Waals surface area contributed by atoms with Crippen LogP contribution in [0.4, 0.5) is 0 Å². The number of hydrogen-bond donors (Lipinski definition) is 2. The van der Waals surface area contributed by atoms with Gasteiger partial charge in [0.15, 0.2) is 5.82 Å². The summed E-state index contributed by atoms with van der Waals surface area (Å²) in [6.07, 6.45) is 0.832. The van der Waals surface area contributed by atoms with Crippen LogP contribution in [0.15, 0.2) is 48.5 Å². The van der Waals surface area contributed by atoms with Crippen molar-refractivity contribution in [2.75, 3.05) is 6.61 Å². The van der Waals surface area contributed by atoms with Gasteiger partial charge in [-0.1, -0.05) is 30.3 Å². The molecule has 6 heteroatoms. The van der Waals surface area contributed by atoms with Gasteiger partial charge < -0.3 is 10.1 Å². The van der Waals surface area contributed by atoms with Crippen molar-refractivity contribution >= 4 is 5.91 Å². The fourth-order valence-corrected chi connectivity index (χ4v) is 2.97. The lowest BCUT2D eigenvalue weighted by Crippen LogP contribution is -2.30. The van der Waals surface area contributed by atoms with E-state index in [-0.39, 0.29) is 5.91 Å². The predicted molar refractivity (Wildman–Crippen MR) is 92.5 cm³/mol. The summed E-state index contributed by atoms with van der Waals surface area (Å²) < 4.78 is 5.50. The van der Waals surface area contributed by atoms with Crippen LogP contribution in [0.2, 0.25) is 0 Å². The van der Waals surface area contributed by atoms with Gasteiger partial charge in [0.2, 0.25) is 0 Å². The molecule has 6 nitrogen and oxygen atoms in total. The summed E-state index contributed by atoms with van der Waals surface area (Å²) in [5.74, 6) is 1.95. The zero-order valence-corrected chi connectivity index (χ0v) is 13.8. The third-order valence-electron chi connectivity index (χ3n) is 4.23. The van der Waals surface area contributed by atoms with Gasteiger partial charge in [-0.25, -0.2) is 4.98 Å². The lowest BCUT2D eigenvalue weighted by molar-refractivity contribution is 0.0941. The smallest absolute Gasteiger partial charge is 0.252 e. The molecule has 2 heterocycles. The minimum atomic E-state index is -0.414. The quantitative estimate of drug-likeness (QED) is 0.768. The Morgan fingerprint density at radius 3 is 2.84 bits per heavy atom. The van der Waals surface area contributed by atoms with Crippen molar-refractivity contribution in [1.82, 2.24) is 20.5 Å². The molecule has 1 unspecified atom stereocenters. The number of aromatic nitrogens is 3. The SMILES string of the molecule is Cc1nc(C(NC(=O)c2ccc3c(c2)CCO3)c2ccccc2)n[nH]1. The maximum atomic E-state index is 12.8. The fourth-order valence-electron chi connectivity index (χ4n) is 2.97. The molecule has 1 aromatic heterocycles. The van der Waals surface area contributed by atoms with E-state index in [1.54, 1.807) is 6.07 Å². The van der Waals surface area contributed by atoms with Crippen LogP contribution in [-0.2, 0) is 6.42 Å². The summed E-state index contributed by atoms with van der Waals surface area (Å²) in [6, 6.07) is 14.8. The van der Waals surface area contributed by atoms with Crippen molar-refractivity contribution in [2.45, 2.75) is 19.4 Å². The highest BCUT2D eigenvalue weighted by molar-refractivity contribution is 5.95. The Morgan fingerprint density at radius 1 is 1.24 bits per heavy atom. The van der Waals surface area contributed by atoms with E-state index < -0.39 is 6.04 Å². The first kappa shape index (κ1) is 15.4. The van der Waals surface area contributed by atoms with Crippen molar-refractivity contribution < 1.29 is 9.53 Å². The first-order valence-corrected chi connectivity index (χ1v) is 8.21. The molecule has 1 atom stereocenters. The Morgan fingerprint density at radius 2 is 2.08 bits per heavy atom. The zero-order chi connectivity index (χ0) is 17.2. The highest BCUT2D eigenvalue weighted by Gasteiger charge is 2.22. The van der Waals surface area contributed by atoms with E-state index in [0.29, 0.717) is 23.8 Å². The van der Waals surface area contributed by atoms with E-state index in [1.807, 2.05) is 49.4 Å². The molecule has 3 aromatic rings. The van der Waals surface area contributed by atoms with Crippen LogP contribution in [0.5, 0.6) is 5.75 Å². The van der Waals surface area contributed by atoms with Crippen LogP contribution in [-0.4, -0.2) is 27.7 Å². The van der Waals surface area contributed by atoms with Crippen LogP contribution in [0.1, 0.15) is 39.2 Å². The second kappa shape index (κ2) is 6.39. The van der Waals surface area contributed by atoms with Gasteiger partial charge in [-0.3, -0.25) is 9.89 Å². The molecule has 0 bridgehead atoms. The molecular weight excluding hydrogens is 316 g/mol. The second-order valence-corrected chi connectivity index (χ2v) is 6.02. The van der Waals surface area contributed by atoms with E-state index in [1.165, 1.54) is 0 Å². The first-order valence-electron chi connectivity index (χ1n) is 8.21. The lowest BCUT2D eigenvalue weighted by atomic mass is 10.0. The highest BCUT2D eigenvalue weighted by Crippen LogP contribution is 2.26. The van der Waals surface area contributed by atoms with Gasteiger partial charge in [0.05, 0.1) is 6.61 Å². The summed E-state index contributed by atoms with van der Waals surface area (Å²) in [7, 11) is 0. The van der Waals surface area contributed by atoms with Gasteiger partial charge in [-0.2, -0.15) is 5.10 Å². The normalized spacial score (nSPS) is 13.8. The number of ether oxygens (including phenoxy) is 1. The summed E-state index contributed by atoms with van der Waals surface area (Å²) in [4.78, 5) is 17.2. The lowest BCUT2D eigenvalue weighted by Gasteiger charge is -2.16. The van der Waals surface area contributed by atoms with Crippen LogP contribution >= 0.6 is 0 Å². The van der Waals surface area contributed by atoms with Crippen LogP contribution in [0, 0.1) is 6.92 Å². The number of hydrogen-bond acceptors (Lipinski definition) is 4. The Bertz CT molecular complexity index is 905. The molecule has 1 aliphatic heterocycles. The summed E-state index contributed by atoms with van der Waals surface area (Å²) in [6.45, 7) is 2.50. The van der Waals surface area contributed by atoms with Gasteiger partial charge in [-0.15, -0.1) is 0 Å². The Balaban J connectivity index is 1.63. The molecule has 4 rings (SSSR count). The van der Waals surface area contributed by atoms with Crippen molar-refractivity contribution in [3.63, 3.8) is 0 Å². The maximum Gasteiger partial charge on any atom is 0.252 e. The Kier molecular flexibility index (Phi) is 3.93. The van der Waals surface area contributed by atoms with Gasteiger partial charge in [0.1, 0.15) is 17.6 Å². The summed E-state index contributed by atoms with van der Waals surface area (Å²) in [5.41, 5.74) is 2.61. The number of aromatic amines is 1. The van der Waals surface area contributed by atoms with E-state index in [2.05, 4.69) is 20.5 Å². The molecule has 25 heavy (non-hydrogen) atoms. The van der Waals surface area contributed by atoms with Gasteiger partial charge in [-0.05, 0) is 36.2 Å². The molecule has 2 aromatic carbocycles. The van der Waals surface area contributed by atoms with Gasteiger partial charge >= 0.3 is 0 Å². The standard InChI is InChI=1S/C19H18N4O2/c1-12-20-18(23-22-12)17(13-5-3-2-4-6-13)21-19(24)15-7-8-16-14(11-15)9-10-25-16/h2-8,11,17H,9-10H2,1H3,(H,21,24)(H,20,22,23). The first-order chi connectivity index (χ1) is 12.2. The Hall–Kier alpha value is -3.15. The van der Waals surface area contributed by atoms with Crippen LogP contribution < -0.4 is 10.1 Å². The largest absolute Gasteiger partial charge is 0.493 e. The predicted octanol–water partition coefficient (Wildman–Crippen LogP) is 2.57. The number of carbonyl (C=O) groups excluding carboxylic acids is 1. The number of nitrogens with zero attached hydrogens (tertiary/aromatic N) is 2. The number of H-pyrrole nitrogens is 1. The van der Waals surface area contributed by atoms with E-state index in [9.17, 15) is 4.79 Å². The summed E-state index contributed by atoms with van der Waals surface area (Å²) in [5, 5.41) is 10.1. The number of nitrogens with one attached hydrogen (secondary N) is 2. The van der Waals surface area contributed by atoms with Crippen molar-refractivity contribution in [3.05, 3.63) is 76.9 Å². The topological polar surface area (TPSA) is 79.9 Å². The van der Waals surface area contributed by atoms with E-state index >= 15 is 0 Å².